The Balaban J connectivity index is 2.00. The highest BCUT2D eigenvalue weighted by molar-refractivity contribution is 6.42. The van der Waals surface area contributed by atoms with Gasteiger partial charge in [0.2, 0.25) is 0 Å². The Morgan fingerprint density at radius 2 is 2.20 bits per heavy atom. The Hall–Kier alpha value is -0.280. The molecule has 1 aromatic rings. The lowest BCUT2D eigenvalue weighted by Gasteiger charge is -2.23. The molecule has 0 bridgehead atoms. The molecule has 0 saturated carbocycles. The molecular weight excluding hydrogens is 233 g/mol. The van der Waals surface area contributed by atoms with Crippen LogP contribution in [0.5, 0.6) is 0 Å². The summed E-state index contributed by atoms with van der Waals surface area (Å²) in [5, 5.41) is 4.62. The van der Waals surface area contributed by atoms with E-state index < -0.39 is 0 Å². The molecule has 1 aromatic carbocycles. The van der Waals surface area contributed by atoms with Crippen molar-refractivity contribution in [2.45, 2.75) is 12.5 Å². The van der Waals surface area contributed by atoms with Crippen LogP contribution in [0.25, 0.3) is 0 Å². The van der Waals surface area contributed by atoms with Crippen LogP contribution in [0.15, 0.2) is 18.2 Å². The van der Waals surface area contributed by atoms with Crippen molar-refractivity contribution < 1.29 is 4.74 Å². The number of rotatable bonds is 2. The van der Waals surface area contributed by atoms with E-state index in [4.69, 9.17) is 27.9 Å². The van der Waals surface area contributed by atoms with Gasteiger partial charge in [-0.3, -0.25) is 0 Å². The van der Waals surface area contributed by atoms with Crippen LogP contribution in [0, 0.1) is 0 Å². The highest BCUT2D eigenvalue weighted by Gasteiger charge is 2.13. The maximum atomic E-state index is 5.95. The lowest BCUT2D eigenvalue weighted by atomic mass is 10.1. The Kier molecular flexibility index (Phi) is 3.87. The van der Waals surface area contributed by atoms with Gasteiger partial charge in [0.15, 0.2) is 0 Å². The minimum absolute atomic E-state index is 0.385. The Bertz CT molecular complexity index is 337. The molecule has 0 amide bonds. The first kappa shape index (κ1) is 11.2. The van der Waals surface area contributed by atoms with E-state index in [0.717, 1.165) is 26.2 Å². The van der Waals surface area contributed by atoms with Gasteiger partial charge >= 0.3 is 0 Å². The van der Waals surface area contributed by atoms with Gasteiger partial charge in [0, 0.05) is 12.6 Å². The molecule has 1 unspecified atom stereocenters. The lowest BCUT2D eigenvalue weighted by molar-refractivity contribution is 0.0770. The third-order valence-electron chi connectivity index (χ3n) is 2.46. The van der Waals surface area contributed by atoms with Gasteiger partial charge in [0.05, 0.1) is 23.3 Å². The zero-order valence-corrected chi connectivity index (χ0v) is 9.81. The summed E-state index contributed by atoms with van der Waals surface area (Å²) in [5.74, 6) is 0. The minimum atomic E-state index is 0.385. The van der Waals surface area contributed by atoms with E-state index in [1.165, 1.54) is 5.56 Å². The molecule has 1 atom stereocenters. The van der Waals surface area contributed by atoms with Crippen molar-refractivity contribution in [3.63, 3.8) is 0 Å². The molecule has 0 spiro atoms. The summed E-state index contributed by atoms with van der Waals surface area (Å²) in [4.78, 5) is 0. The summed E-state index contributed by atoms with van der Waals surface area (Å²) in [6.45, 7) is 2.49. The van der Waals surface area contributed by atoms with Crippen LogP contribution in [0.2, 0.25) is 10.0 Å². The van der Waals surface area contributed by atoms with E-state index >= 15 is 0 Å². The lowest BCUT2D eigenvalue weighted by Crippen LogP contribution is -2.42. The molecule has 15 heavy (non-hydrogen) atoms. The van der Waals surface area contributed by atoms with Gasteiger partial charge in [-0.2, -0.15) is 0 Å². The van der Waals surface area contributed by atoms with Crippen molar-refractivity contribution in [1.82, 2.24) is 5.32 Å². The van der Waals surface area contributed by atoms with Crippen LogP contribution in [-0.2, 0) is 11.2 Å². The number of halogens is 2. The van der Waals surface area contributed by atoms with E-state index in [9.17, 15) is 0 Å². The first-order valence-corrected chi connectivity index (χ1v) is 5.76. The van der Waals surface area contributed by atoms with Crippen molar-refractivity contribution >= 4 is 23.2 Å². The fourth-order valence-electron chi connectivity index (χ4n) is 1.70. The summed E-state index contributed by atoms with van der Waals surface area (Å²) in [7, 11) is 0. The Morgan fingerprint density at radius 3 is 2.87 bits per heavy atom. The topological polar surface area (TPSA) is 21.3 Å². The molecule has 1 heterocycles. The van der Waals surface area contributed by atoms with Crippen molar-refractivity contribution in [2.75, 3.05) is 19.8 Å². The summed E-state index contributed by atoms with van der Waals surface area (Å²) in [6, 6.07) is 6.14. The average molecular weight is 246 g/mol. The molecule has 1 aliphatic rings. The number of morpholine rings is 1. The van der Waals surface area contributed by atoms with Gasteiger partial charge in [-0.05, 0) is 24.1 Å². The summed E-state index contributed by atoms with van der Waals surface area (Å²) in [5.41, 5.74) is 1.19. The highest BCUT2D eigenvalue weighted by atomic mass is 35.5. The van der Waals surface area contributed by atoms with Gasteiger partial charge in [0.25, 0.3) is 0 Å². The third-order valence-corrected chi connectivity index (χ3v) is 3.20. The summed E-state index contributed by atoms with van der Waals surface area (Å²) in [6.07, 6.45) is 0.927. The highest BCUT2D eigenvalue weighted by Crippen LogP contribution is 2.23. The fraction of sp³-hybridized carbons (Fsp3) is 0.455. The van der Waals surface area contributed by atoms with Crippen LogP contribution < -0.4 is 5.32 Å². The molecule has 2 nitrogen and oxygen atoms in total. The molecule has 0 aliphatic carbocycles. The fourth-order valence-corrected chi connectivity index (χ4v) is 2.02. The van der Waals surface area contributed by atoms with Crippen molar-refractivity contribution in [1.29, 1.82) is 0 Å². The van der Waals surface area contributed by atoms with Crippen LogP contribution in [0.1, 0.15) is 5.56 Å². The van der Waals surface area contributed by atoms with Gasteiger partial charge in [-0.25, -0.2) is 0 Å². The van der Waals surface area contributed by atoms with Crippen LogP contribution in [0.4, 0.5) is 0 Å². The SMILES string of the molecule is Clc1ccc(CC2COCCN2)cc1Cl. The molecule has 82 valence electrons. The van der Waals surface area contributed by atoms with Gasteiger partial charge in [-0.15, -0.1) is 0 Å². The molecule has 1 N–H and O–H groups in total. The predicted octanol–water partition coefficient (Wildman–Crippen LogP) is 2.52. The van der Waals surface area contributed by atoms with Crippen LogP contribution in [-0.4, -0.2) is 25.8 Å². The number of benzene rings is 1. The van der Waals surface area contributed by atoms with Crippen LogP contribution in [0.3, 0.4) is 0 Å². The average Bonchev–Trinajstić information content (AvgIpc) is 2.25. The largest absolute Gasteiger partial charge is 0.379 e. The minimum Gasteiger partial charge on any atom is -0.379 e. The van der Waals surface area contributed by atoms with Crippen molar-refractivity contribution in [3.8, 4) is 0 Å². The molecular formula is C11H13Cl2NO. The molecule has 1 aliphatic heterocycles. The summed E-state index contributed by atoms with van der Waals surface area (Å²) >= 11 is 11.8. The quantitative estimate of drug-likeness (QED) is 0.865. The normalized spacial score (nSPS) is 21.6. The molecule has 2 rings (SSSR count). The monoisotopic (exact) mass is 245 g/mol. The summed E-state index contributed by atoms with van der Waals surface area (Å²) < 4.78 is 5.39. The van der Waals surface area contributed by atoms with E-state index in [0.29, 0.717) is 16.1 Å². The van der Waals surface area contributed by atoms with E-state index in [2.05, 4.69) is 5.32 Å². The van der Waals surface area contributed by atoms with Crippen molar-refractivity contribution in [2.24, 2.45) is 0 Å². The number of ether oxygens (including phenoxy) is 1. The standard InChI is InChI=1S/C11H13Cl2NO/c12-10-2-1-8(6-11(10)13)5-9-7-15-4-3-14-9/h1-2,6,9,14H,3-5,7H2. The molecule has 0 radical (unpaired) electrons. The zero-order chi connectivity index (χ0) is 10.7. The van der Waals surface area contributed by atoms with Crippen molar-refractivity contribution in [3.05, 3.63) is 33.8 Å². The number of hydrogen-bond acceptors (Lipinski definition) is 2. The predicted molar refractivity (Wildman–Crippen MR) is 62.8 cm³/mol. The Labute approximate surface area is 99.5 Å². The molecule has 4 heteroatoms. The maximum Gasteiger partial charge on any atom is 0.0623 e. The molecule has 1 fully saturated rings. The van der Waals surface area contributed by atoms with E-state index in [1.807, 2.05) is 18.2 Å². The third kappa shape index (κ3) is 3.08. The second kappa shape index (κ2) is 5.17. The van der Waals surface area contributed by atoms with Gasteiger partial charge < -0.3 is 10.1 Å². The smallest absolute Gasteiger partial charge is 0.0623 e. The first-order chi connectivity index (χ1) is 7.25. The van der Waals surface area contributed by atoms with E-state index in [-0.39, 0.29) is 0 Å². The number of hydrogen-bond donors (Lipinski definition) is 1. The van der Waals surface area contributed by atoms with E-state index in [1.54, 1.807) is 0 Å². The second-order valence-corrected chi connectivity index (χ2v) is 4.49. The van der Waals surface area contributed by atoms with Crippen LogP contribution >= 0.6 is 23.2 Å². The zero-order valence-electron chi connectivity index (χ0n) is 8.30. The second-order valence-electron chi connectivity index (χ2n) is 3.68. The first-order valence-electron chi connectivity index (χ1n) is 5.01. The maximum absolute atomic E-state index is 5.95. The molecule has 1 saturated heterocycles. The number of nitrogens with one attached hydrogen (secondary N) is 1. The van der Waals surface area contributed by atoms with Gasteiger partial charge in [-0.1, -0.05) is 29.3 Å². The van der Waals surface area contributed by atoms with Gasteiger partial charge in [0.1, 0.15) is 0 Å². The molecule has 0 aromatic heterocycles. The Morgan fingerprint density at radius 1 is 1.33 bits per heavy atom.